The second-order valence-electron chi connectivity index (χ2n) is 3.89. The number of pyridine rings is 1. The summed E-state index contributed by atoms with van der Waals surface area (Å²) in [6.45, 7) is 1.38. The van der Waals surface area contributed by atoms with E-state index in [1.54, 1.807) is 11.1 Å². The number of hydrogen-bond donors (Lipinski definition) is 1. The minimum absolute atomic E-state index is 0.0535. The van der Waals surface area contributed by atoms with E-state index in [1.165, 1.54) is 0 Å². The van der Waals surface area contributed by atoms with Crippen LogP contribution >= 0.6 is 15.9 Å². The molecule has 1 aromatic heterocycles. The smallest absolute Gasteiger partial charge is 0.322 e. The highest BCUT2D eigenvalue weighted by Crippen LogP contribution is 2.27. The summed E-state index contributed by atoms with van der Waals surface area (Å²) in [7, 11) is 0. The average Bonchev–Trinajstić information content (AvgIpc) is 2.74. The molecule has 1 aromatic carbocycles. The van der Waals surface area contributed by atoms with E-state index in [2.05, 4.69) is 26.2 Å². The van der Waals surface area contributed by atoms with Crippen molar-refractivity contribution in [2.75, 3.05) is 18.0 Å². The molecule has 1 aliphatic rings. The zero-order chi connectivity index (χ0) is 11.8. The number of nitrogens with one attached hydrogen (secondary N) is 1. The molecule has 1 saturated heterocycles. The molecule has 1 fully saturated rings. The number of benzene rings is 1. The molecule has 0 atom stereocenters. The van der Waals surface area contributed by atoms with Gasteiger partial charge in [0.05, 0.1) is 11.2 Å². The zero-order valence-corrected chi connectivity index (χ0v) is 10.6. The van der Waals surface area contributed by atoms with Crippen LogP contribution in [0.2, 0.25) is 0 Å². The van der Waals surface area contributed by atoms with Gasteiger partial charge in [0.2, 0.25) is 0 Å². The van der Waals surface area contributed by atoms with Gasteiger partial charge in [0.1, 0.15) is 0 Å². The van der Waals surface area contributed by atoms with E-state index in [9.17, 15) is 4.79 Å². The van der Waals surface area contributed by atoms with Gasteiger partial charge >= 0.3 is 6.03 Å². The van der Waals surface area contributed by atoms with Crippen molar-refractivity contribution in [3.05, 3.63) is 34.9 Å². The summed E-state index contributed by atoms with van der Waals surface area (Å²) in [4.78, 5) is 17.8. The number of amides is 2. The molecule has 0 bridgehead atoms. The van der Waals surface area contributed by atoms with E-state index < -0.39 is 0 Å². The summed E-state index contributed by atoms with van der Waals surface area (Å²) < 4.78 is 0.938. The van der Waals surface area contributed by atoms with Gasteiger partial charge in [-0.05, 0) is 28.1 Å². The number of rotatable bonds is 1. The topological polar surface area (TPSA) is 45.2 Å². The number of carbonyl (C=O) groups excluding carboxylic acids is 1. The van der Waals surface area contributed by atoms with E-state index in [-0.39, 0.29) is 6.03 Å². The zero-order valence-electron chi connectivity index (χ0n) is 8.98. The van der Waals surface area contributed by atoms with E-state index >= 15 is 0 Å². The third-order valence-corrected chi connectivity index (χ3v) is 3.24. The van der Waals surface area contributed by atoms with Crippen LogP contribution in [0.4, 0.5) is 10.5 Å². The Morgan fingerprint density at radius 1 is 1.41 bits per heavy atom. The Labute approximate surface area is 107 Å². The van der Waals surface area contributed by atoms with Gasteiger partial charge in [0, 0.05) is 29.1 Å². The Bertz CT molecular complexity index is 599. The van der Waals surface area contributed by atoms with Crippen molar-refractivity contribution in [1.29, 1.82) is 0 Å². The van der Waals surface area contributed by atoms with Crippen molar-refractivity contribution in [2.45, 2.75) is 0 Å². The number of nitrogens with zero attached hydrogens (tertiary/aromatic N) is 2. The van der Waals surface area contributed by atoms with Crippen molar-refractivity contribution < 1.29 is 4.79 Å². The van der Waals surface area contributed by atoms with E-state index in [0.717, 1.165) is 21.1 Å². The number of para-hydroxylation sites is 1. The van der Waals surface area contributed by atoms with Gasteiger partial charge in [0.15, 0.2) is 0 Å². The number of fused-ring (bicyclic) bond motifs is 1. The molecule has 0 spiro atoms. The normalized spacial score (nSPS) is 15.4. The van der Waals surface area contributed by atoms with E-state index in [4.69, 9.17) is 0 Å². The minimum atomic E-state index is -0.0535. The minimum Gasteiger partial charge on any atom is -0.336 e. The van der Waals surface area contributed by atoms with Crippen LogP contribution < -0.4 is 10.2 Å². The van der Waals surface area contributed by atoms with Gasteiger partial charge in [-0.2, -0.15) is 0 Å². The summed E-state index contributed by atoms with van der Waals surface area (Å²) in [5.41, 5.74) is 1.72. The molecule has 4 nitrogen and oxygen atoms in total. The Morgan fingerprint density at radius 2 is 2.29 bits per heavy atom. The van der Waals surface area contributed by atoms with Crippen LogP contribution in [-0.2, 0) is 0 Å². The molecule has 86 valence electrons. The first-order valence-corrected chi connectivity index (χ1v) is 6.14. The fourth-order valence-electron chi connectivity index (χ4n) is 2.04. The number of anilines is 1. The van der Waals surface area contributed by atoms with Gasteiger partial charge in [-0.3, -0.25) is 9.88 Å². The third-order valence-electron chi connectivity index (χ3n) is 2.80. The summed E-state index contributed by atoms with van der Waals surface area (Å²) >= 11 is 3.40. The summed E-state index contributed by atoms with van der Waals surface area (Å²) in [6.07, 6.45) is 1.75. The second-order valence-corrected chi connectivity index (χ2v) is 4.80. The predicted octanol–water partition coefficient (Wildman–Crippen LogP) is 2.53. The molecule has 0 radical (unpaired) electrons. The molecule has 2 amide bonds. The Hall–Kier alpha value is -1.62. The van der Waals surface area contributed by atoms with Gasteiger partial charge in [-0.1, -0.05) is 12.1 Å². The standard InChI is InChI=1S/C12H10BrN3O/c13-9-6-8-2-1-3-10(11(8)15-7-9)16-5-4-14-12(16)17/h1-3,6-7H,4-5H2,(H,14,17). The van der Waals surface area contributed by atoms with Crippen LogP contribution in [0.3, 0.4) is 0 Å². The lowest BCUT2D eigenvalue weighted by Crippen LogP contribution is -2.27. The van der Waals surface area contributed by atoms with Gasteiger partial charge in [-0.25, -0.2) is 4.79 Å². The maximum absolute atomic E-state index is 11.7. The van der Waals surface area contributed by atoms with E-state index in [0.29, 0.717) is 13.1 Å². The van der Waals surface area contributed by atoms with Crippen LogP contribution in [0.25, 0.3) is 10.9 Å². The Kier molecular flexibility index (Phi) is 2.48. The van der Waals surface area contributed by atoms with Gasteiger partial charge < -0.3 is 5.32 Å². The fraction of sp³-hybridized carbons (Fsp3) is 0.167. The number of carbonyl (C=O) groups is 1. The lowest BCUT2D eigenvalue weighted by atomic mass is 10.2. The molecule has 3 rings (SSSR count). The summed E-state index contributed by atoms with van der Waals surface area (Å²) in [5, 5.41) is 3.82. The molecule has 0 saturated carbocycles. The number of aromatic nitrogens is 1. The SMILES string of the molecule is O=C1NCCN1c1cccc2cc(Br)cnc12. The van der Waals surface area contributed by atoms with Crippen LogP contribution in [0.5, 0.6) is 0 Å². The molecule has 0 aliphatic carbocycles. The number of halogens is 1. The fourth-order valence-corrected chi connectivity index (χ4v) is 2.39. The molecule has 17 heavy (non-hydrogen) atoms. The molecule has 2 heterocycles. The van der Waals surface area contributed by atoms with Gasteiger partial charge in [-0.15, -0.1) is 0 Å². The monoisotopic (exact) mass is 291 g/mol. The maximum Gasteiger partial charge on any atom is 0.322 e. The molecule has 1 aliphatic heterocycles. The van der Waals surface area contributed by atoms with Crippen molar-refractivity contribution in [3.63, 3.8) is 0 Å². The molecule has 1 N–H and O–H groups in total. The molecule has 2 aromatic rings. The third kappa shape index (κ3) is 1.76. The highest BCUT2D eigenvalue weighted by Gasteiger charge is 2.22. The summed E-state index contributed by atoms with van der Waals surface area (Å²) in [6, 6.07) is 7.80. The van der Waals surface area contributed by atoms with Crippen molar-refractivity contribution >= 4 is 38.6 Å². The molecular weight excluding hydrogens is 282 g/mol. The number of hydrogen-bond acceptors (Lipinski definition) is 2. The quantitative estimate of drug-likeness (QED) is 0.878. The first-order chi connectivity index (χ1) is 8.25. The molecule has 5 heteroatoms. The van der Waals surface area contributed by atoms with Crippen molar-refractivity contribution in [2.24, 2.45) is 0 Å². The van der Waals surface area contributed by atoms with Crippen molar-refractivity contribution in [3.8, 4) is 0 Å². The highest BCUT2D eigenvalue weighted by molar-refractivity contribution is 9.10. The highest BCUT2D eigenvalue weighted by atomic mass is 79.9. The van der Waals surface area contributed by atoms with Crippen LogP contribution in [0.15, 0.2) is 34.9 Å². The molecular formula is C12H10BrN3O. The number of urea groups is 1. The largest absolute Gasteiger partial charge is 0.336 e. The van der Waals surface area contributed by atoms with Crippen LogP contribution in [-0.4, -0.2) is 24.1 Å². The lowest BCUT2D eigenvalue weighted by molar-refractivity contribution is 0.252. The lowest BCUT2D eigenvalue weighted by Gasteiger charge is -2.15. The summed E-state index contributed by atoms with van der Waals surface area (Å²) in [5.74, 6) is 0. The predicted molar refractivity (Wildman–Crippen MR) is 70.2 cm³/mol. The first kappa shape index (κ1) is 10.5. The average molecular weight is 292 g/mol. The van der Waals surface area contributed by atoms with Crippen molar-refractivity contribution in [1.82, 2.24) is 10.3 Å². The Morgan fingerprint density at radius 3 is 3.06 bits per heavy atom. The van der Waals surface area contributed by atoms with Crippen LogP contribution in [0.1, 0.15) is 0 Å². The van der Waals surface area contributed by atoms with Crippen LogP contribution in [0, 0.1) is 0 Å². The first-order valence-electron chi connectivity index (χ1n) is 5.35. The maximum atomic E-state index is 11.7. The second kappa shape index (κ2) is 4.00. The molecule has 0 unspecified atom stereocenters. The van der Waals surface area contributed by atoms with Gasteiger partial charge in [0.25, 0.3) is 0 Å². The van der Waals surface area contributed by atoms with E-state index in [1.807, 2.05) is 24.3 Å². The Balaban J connectivity index is 2.19.